The largest absolute Gasteiger partial charge is 0.450 e. The summed E-state index contributed by atoms with van der Waals surface area (Å²) in [4.78, 5) is 29.9. The molecule has 0 aliphatic carbocycles. The van der Waals surface area contributed by atoms with Crippen LogP contribution in [0.1, 0.15) is 5.56 Å². The number of benzene rings is 4. The molecule has 36 heavy (non-hydrogen) atoms. The molecule has 10 heteroatoms. The molecule has 0 radical (unpaired) electrons. The molecule has 10 nitrogen and oxygen atoms in total. The average Bonchev–Trinajstić information content (AvgIpc) is 3.32. The second-order valence-corrected chi connectivity index (χ2v) is 7.64. The first-order chi connectivity index (χ1) is 17.5. The van der Waals surface area contributed by atoms with Crippen LogP contribution in [0, 0.1) is 20.2 Å². The molecule has 0 atom stereocenters. The van der Waals surface area contributed by atoms with E-state index in [4.69, 9.17) is 9.15 Å². The highest BCUT2D eigenvalue weighted by atomic mass is 16.6. The molecule has 176 valence electrons. The summed E-state index contributed by atoms with van der Waals surface area (Å²) in [5, 5.41) is 22.3. The highest BCUT2D eigenvalue weighted by molar-refractivity contribution is 5.85. The topological polar surface area (TPSA) is 134 Å². The molecule has 5 aromatic rings. The van der Waals surface area contributed by atoms with E-state index in [1.807, 2.05) is 36.4 Å². The lowest BCUT2D eigenvalue weighted by molar-refractivity contribution is -0.394. The van der Waals surface area contributed by atoms with Crippen molar-refractivity contribution in [3.05, 3.63) is 117 Å². The van der Waals surface area contributed by atoms with Crippen LogP contribution in [0.2, 0.25) is 0 Å². The summed E-state index contributed by atoms with van der Waals surface area (Å²) < 4.78 is 11.5. The molecule has 0 fully saturated rings. The number of non-ortho nitro benzene ring substituents is 1. The first kappa shape index (κ1) is 22.4. The quantitative estimate of drug-likeness (QED) is 0.141. The van der Waals surface area contributed by atoms with Gasteiger partial charge in [-0.25, -0.2) is 4.98 Å². The monoisotopic (exact) mass is 480 g/mol. The maximum Gasteiger partial charge on any atom is 0.318 e. The van der Waals surface area contributed by atoms with Gasteiger partial charge in [-0.1, -0.05) is 30.3 Å². The van der Waals surface area contributed by atoms with Gasteiger partial charge in [-0.05, 0) is 54.1 Å². The highest BCUT2D eigenvalue weighted by Crippen LogP contribution is 2.34. The van der Waals surface area contributed by atoms with Crippen LogP contribution in [0.4, 0.5) is 17.1 Å². The van der Waals surface area contributed by atoms with Gasteiger partial charge < -0.3 is 9.15 Å². The van der Waals surface area contributed by atoms with Crippen LogP contribution in [-0.2, 0) is 0 Å². The fraction of sp³-hybridized carbons (Fsp3) is 0. The number of aliphatic imine (C=N–C) groups is 1. The van der Waals surface area contributed by atoms with Gasteiger partial charge in [0.1, 0.15) is 11.3 Å². The summed E-state index contributed by atoms with van der Waals surface area (Å²) in [5.74, 6) is 0.734. The van der Waals surface area contributed by atoms with Gasteiger partial charge >= 0.3 is 5.69 Å². The van der Waals surface area contributed by atoms with Crippen molar-refractivity contribution in [1.82, 2.24) is 4.98 Å². The number of hydrogen-bond donors (Lipinski definition) is 0. The van der Waals surface area contributed by atoms with E-state index in [9.17, 15) is 20.2 Å². The minimum absolute atomic E-state index is 0.106. The molecule has 1 heterocycles. The van der Waals surface area contributed by atoms with Gasteiger partial charge in [0.05, 0.1) is 21.6 Å². The predicted octanol–water partition coefficient (Wildman–Crippen LogP) is 6.85. The number of aromatic nitrogens is 1. The molecule has 0 N–H and O–H groups in total. The maximum absolute atomic E-state index is 11.4. The van der Waals surface area contributed by atoms with E-state index in [-0.39, 0.29) is 5.75 Å². The standard InChI is InChI=1S/C26H16N4O6/c31-29(32)20-10-12-25(23(15-20)30(33)34)35-21-8-4-5-17(13-21)16-27-19-9-11-24-22(14-19)28-26(36-24)18-6-2-1-3-7-18/h1-16H. The molecule has 0 saturated heterocycles. The Labute approximate surface area is 203 Å². The second kappa shape index (κ2) is 9.47. The summed E-state index contributed by atoms with van der Waals surface area (Å²) in [6, 6.07) is 25.0. The molecular weight excluding hydrogens is 464 g/mol. The van der Waals surface area contributed by atoms with E-state index < -0.39 is 21.2 Å². The number of rotatable bonds is 7. The zero-order valence-corrected chi connectivity index (χ0v) is 18.5. The van der Waals surface area contributed by atoms with Crippen LogP contribution < -0.4 is 4.74 Å². The fourth-order valence-corrected chi connectivity index (χ4v) is 3.48. The average molecular weight is 480 g/mol. The molecule has 0 saturated carbocycles. The first-order valence-electron chi connectivity index (χ1n) is 10.7. The minimum atomic E-state index is -0.725. The Bertz CT molecular complexity index is 1630. The van der Waals surface area contributed by atoms with Crippen molar-refractivity contribution in [2.75, 3.05) is 0 Å². The normalized spacial score (nSPS) is 11.1. The van der Waals surface area contributed by atoms with Gasteiger partial charge in [-0.3, -0.25) is 25.2 Å². The first-order valence-corrected chi connectivity index (χ1v) is 10.7. The highest BCUT2D eigenvalue weighted by Gasteiger charge is 2.21. The Kier molecular flexibility index (Phi) is 5.90. The van der Waals surface area contributed by atoms with E-state index >= 15 is 0 Å². The second-order valence-electron chi connectivity index (χ2n) is 7.64. The van der Waals surface area contributed by atoms with Crippen molar-refractivity contribution in [3.8, 4) is 23.0 Å². The van der Waals surface area contributed by atoms with Gasteiger partial charge in [0.2, 0.25) is 11.6 Å². The third kappa shape index (κ3) is 4.77. The smallest absolute Gasteiger partial charge is 0.318 e. The summed E-state index contributed by atoms with van der Waals surface area (Å²) >= 11 is 0. The third-order valence-electron chi connectivity index (χ3n) is 5.19. The zero-order chi connectivity index (χ0) is 25.1. The lowest BCUT2D eigenvalue weighted by atomic mass is 10.2. The van der Waals surface area contributed by atoms with Gasteiger partial charge in [-0.2, -0.15) is 0 Å². The third-order valence-corrected chi connectivity index (χ3v) is 5.19. The molecular formula is C26H16N4O6. The Balaban J connectivity index is 1.37. The molecule has 0 spiro atoms. The maximum atomic E-state index is 11.4. The number of nitro benzene ring substituents is 2. The lowest BCUT2D eigenvalue weighted by Gasteiger charge is -2.07. The van der Waals surface area contributed by atoms with E-state index in [1.54, 1.807) is 42.6 Å². The fourth-order valence-electron chi connectivity index (χ4n) is 3.48. The Morgan fingerprint density at radius 1 is 0.861 bits per heavy atom. The molecule has 0 aliphatic heterocycles. The number of fused-ring (bicyclic) bond motifs is 1. The van der Waals surface area contributed by atoms with Crippen molar-refractivity contribution < 1.29 is 19.0 Å². The van der Waals surface area contributed by atoms with Crippen molar-refractivity contribution in [3.63, 3.8) is 0 Å². The molecule has 0 unspecified atom stereocenters. The van der Waals surface area contributed by atoms with Crippen LogP contribution in [0.3, 0.4) is 0 Å². The van der Waals surface area contributed by atoms with Gasteiger partial charge in [0.25, 0.3) is 5.69 Å². The van der Waals surface area contributed by atoms with Gasteiger partial charge in [0.15, 0.2) is 5.58 Å². The molecule has 0 aliphatic rings. The number of oxazole rings is 1. The van der Waals surface area contributed by atoms with E-state index in [0.29, 0.717) is 34.0 Å². The van der Waals surface area contributed by atoms with Gasteiger partial charge in [-0.15, -0.1) is 0 Å². The Hall–Kier alpha value is -5.38. The molecule has 0 bridgehead atoms. The number of nitro groups is 2. The van der Waals surface area contributed by atoms with E-state index in [1.165, 1.54) is 6.07 Å². The van der Waals surface area contributed by atoms with Crippen molar-refractivity contribution in [1.29, 1.82) is 0 Å². The number of ether oxygens (including phenoxy) is 1. The molecule has 0 amide bonds. The Morgan fingerprint density at radius 3 is 2.47 bits per heavy atom. The molecule has 1 aromatic heterocycles. The minimum Gasteiger partial charge on any atom is -0.450 e. The summed E-state index contributed by atoms with van der Waals surface area (Å²) in [6.07, 6.45) is 1.62. The van der Waals surface area contributed by atoms with Crippen LogP contribution in [-0.4, -0.2) is 21.0 Å². The van der Waals surface area contributed by atoms with Crippen LogP contribution in [0.5, 0.6) is 11.5 Å². The number of hydrogen-bond acceptors (Lipinski definition) is 8. The number of nitrogens with zero attached hydrogens (tertiary/aromatic N) is 4. The van der Waals surface area contributed by atoms with Gasteiger partial charge in [0, 0.05) is 17.8 Å². The van der Waals surface area contributed by atoms with Crippen LogP contribution in [0.25, 0.3) is 22.6 Å². The van der Waals surface area contributed by atoms with Crippen molar-refractivity contribution in [2.45, 2.75) is 0 Å². The Morgan fingerprint density at radius 2 is 1.69 bits per heavy atom. The summed E-state index contributed by atoms with van der Waals surface area (Å²) in [6.45, 7) is 0. The lowest BCUT2D eigenvalue weighted by Crippen LogP contribution is -1.96. The summed E-state index contributed by atoms with van der Waals surface area (Å²) in [5.41, 5.74) is 2.65. The van der Waals surface area contributed by atoms with Crippen LogP contribution >= 0.6 is 0 Å². The zero-order valence-electron chi connectivity index (χ0n) is 18.5. The predicted molar refractivity (Wildman–Crippen MR) is 133 cm³/mol. The SMILES string of the molecule is O=[N+]([O-])c1ccc(Oc2cccc(C=Nc3ccc4oc(-c5ccccc5)nc4c3)c2)c([N+](=O)[O-])c1. The molecule has 5 rings (SSSR count). The van der Waals surface area contributed by atoms with Crippen molar-refractivity contribution in [2.24, 2.45) is 4.99 Å². The summed E-state index contributed by atoms with van der Waals surface area (Å²) in [7, 11) is 0. The van der Waals surface area contributed by atoms with Crippen molar-refractivity contribution >= 4 is 34.4 Å². The van der Waals surface area contributed by atoms with E-state index in [2.05, 4.69) is 9.98 Å². The molecule has 4 aromatic carbocycles. The van der Waals surface area contributed by atoms with Crippen LogP contribution in [0.15, 0.2) is 100 Å². The van der Waals surface area contributed by atoms with E-state index in [0.717, 1.165) is 17.7 Å².